The average Bonchev–Trinajstić information content (AvgIpc) is 3.11. The SMILES string of the molecule is C[C@@H](NC(=O)CN(CCO)Cc1ccsc1)c1ccco1. The van der Waals surface area contributed by atoms with Crippen LogP contribution in [0.2, 0.25) is 0 Å². The van der Waals surface area contributed by atoms with E-state index in [1.54, 1.807) is 23.7 Å². The Labute approximate surface area is 128 Å². The zero-order valence-corrected chi connectivity index (χ0v) is 12.8. The van der Waals surface area contributed by atoms with Crippen molar-refractivity contribution >= 4 is 17.2 Å². The van der Waals surface area contributed by atoms with E-state index in [1.807, 2.05) is 34.7 Å². The third-order valence-electron chi connectivity index (χ3n) is 3.12. The molecular formula is C15H20N2O3S. The Balaban J connectivity index is 1.85. The maximum atomic E-state index is 12.1. The summed E-state index contributed by atoms with van der Waals surface area (Å²) in [6.07, 6.45) is 1.59. The molecule has 0 aromatic carbocycles. The predicted octanol–water partition coefficient (Wildman–Crippen LogP) is 2.01. The third kappa shape index (κ3) is 5.00. The molecule has 0 unspecified atom stereocenters. The van der Waals surface area contributed by atoms with Gasteiger partial charge in [-0.25, -0.2) is 0 Å². The summed E-state index contributed by atoms with van der Waals surface area (Å²) in [4.78, 5) is 14.0. The van der Waals surface area contributed by atoms with Gasteiger partial charge in [0.1, 0.15) is 5.76 Å². The molecule has 2 rings (SSSR count). The summed E-state index contributed by atoms with van der Waals surface area (Å²) in [7, 11) is 0. The van der Waals surface area contributed by atoms with Crippen LogP contribution in [0.5, 0.6) is 0 Å². The number of nitrogens with zero attached hydrogens (tertiary/aromatic N) is 1. The quantitative estimate of drug-likeness (QED) is 0.783. The Kier molecular flexibility index (Phi) is 5.98. The first kappa shape index (κ1) is 15.8. The van der Waals surface area contributed by atoms with Crippen molar-refractivity contribution in [3.05, 3.63) is 46.5 Å². The number of nitrogens with one attached hydrogen (secondary N) is 1. The molecule has 0 aliphatic rings. The zero-order valence-electron chi connectivity index (χ0n) is 12.0. The lowest BCUT2D eigenvalue weighted by molar-refractivity contribution is -0.123. The molecule has 2 heterocycles. The number of hydrogen-bond donors (Lipinski definition) is 2. The van der Waals surface area contributed by atoms with Gasteiger partial charge in [-0.3, -0.25) is 9.69 Å². The largest absolute Gasteiger partial charge is 0.467 e. The number of thiophene rings is 1. The molecule has 114 valence electrons. The van der Waals surface area contributed by atoms with Gasteiger partial charge >= 0.3 is 0 Å². The molecule has 2 N–H and O–H groups in total. The van der Waals surface area contributed by atoms with E-state index in [0.29, 0.717) is 13.1 Å². The first-order valence-corrected chi connectivity index (χ1v) is 7.80. The number of rotatable bonds is 8. The number of hydrogen-bond acceptors (Lipinski definition) is 5. The van der Waals surface area contributed by atoms with Crippen molar-refractivity contribution in [3.63, 3.8) is 0 Å². The van der Waals surface area contributed by atoms with Crippen molar-refractivity contribution in [1.29, 1.82) is 0 Å². The smallest absolute Gasteiger partial charge is 0.234 e. The minimum absolute atomic E-state index is 0.0329. The fraction of sp³-hybridized carbons (Fsp3) is 0.400. The average molecular weight is 308 g/mol. The van der Waals surface area contributed by atoms with E-state index in [0.717, 1.165) is 11.3 Å². The van der Waals surface area contributed by atoms with Gasteiger partial charge in [-0.05, 0) is 41.4 Å². The van der Waals surface area contributed by atoms with Crippen LogP contribution in [-0.2, 0) is 11.3 Å². The van der Waals surface area contributed by atoms with E-state index in [9.17, 15) is 4.79 Å². The van der Waals surface area contributed by atoms with Crippen LogP contribution in [0, 0.1) is 0 Å². The monoisotopic (exact) mass is 308 g/mol. The van der Waals surface area contributed by atoms with E-state index in [1.165, 1.54) is 0 Å². The molecule has 0 aliphatic carbocycles. The number of carbonyl (C=O) groups excluding carboxylic acids is 1. The van der Waals surface area contributed by atoms with Crippen LogP contribution in [0.25, 0.3) is 0 Å². The molecule has 1 amide bonds. The summed E-state index contributed by atoms with van der Waals surface area (Å²) >= 11 is 1.63. The molecule has 0 aliphatic heterocycles. The third-order valence-corrected chi connectivity index (χ3v) is 3.85. The van der Waals surface area contributed by atoms with Crippen LogP contribution in [0.1, 0.15) is 24.3 Å². The zero-order chi connectivity index (χ0) is 15.1. The predicted molar refractivity (Wildman–Crippen MR) is 81.9 cm³/mol. The van der Waals surface area contributed by atoms with E-state index < -0.39 is 0 Å². The van der Waals surface area contributed by atoms with E-state index in [-0.39, 0.29) is 25.1 Å². The second-order valence-corrected chi connectivity index (χ2v) is 5.65. The summed E-state index contributed by atoms with van der Waals surface area (Å²) in [5.41, 5.74) is 1.15. The maximum absolute atomic E-state index is 12.1. The lowest BCUT2D eigenvalue weighted by Crippen LogP contribution is -2.39. The number of amides is 1. The standard InChI is InChI=1S/C15H20N2O3S/c1-12(14-3-2-7-20-14)16-15(19)10-17(5-6-18)9-13-4-8-21-11-13/h2-4,7-8,11-12,18H,5-6,9-10H2,1H3,(H,16,19)/t12-/m1/s1. The molecule has 0 bridgehead atoms. The lowest BCUT2D eigenvalue weighted by atomic mass is 10.2. The summed E-state index contributed by atoms with van der Waals surface area (Å²) in [6.45, 7) is 3.30. The van der Waals surface area contributed by atoms with E-state index >= 15 is 0 Å². The van der Waals surface area contributed by atoms with Crippen LogP contribution in [0.4, 0.5) is 0 Å². The van der Waals surface area contributed by atoms with Gasteiger partial charge in [-0.2, -0.15) is 11.3 Å². The minimum Gasteiger partial charge on any atom is -0.467 e. The fourth-order valence-corrected chi connectivity index (χ4v) is 2.76. The van der Waals surface area contributed by atoms with Crippen molar-refractivity contribution in [2.75, 3.05) is 19.7 Å². The highest BCUT2D eigenvalue weighted by Crippen LogP contribution is 2.12. The fourth-order valence-electron chi connectivity index (χ4n) is 2.10. The highest BCUT2D eigenvalue weighted by Gasteiger charge is 2.15. The lowest BCUT2D eigenvalue weighted by Gasteiger charge is -2.21. The Morgan fingerprint density at radius 1 is 1.52 bits per heavy atom. The molecule has 0 saturated heterocycles. The van der Waals surface area contributed by atoms with Gasteiger partial charge in [0, 0.05) is 13.1 Å². The molecule has 0 radical (unpaired) electrons. The molecular weight excluding hydrogens is 288 g/mol. The van der Waals surface area contributed by atoms with Gasteiger partial charge < -0.3 is 14.8 Å². The van der Waals surface area contributed by atoms with E-state index in [4.69, 9.17) is 9.52 Å². The molecule has 6 heteroatoms. The Bertz CT molecular complexity index is 525. The molecule has 0 fully saturated rings. The summed E-state index contributed by atoms with van der Waals surface area (Å²) in [5.74, 6) is 0.650. The first-order chi connectivity index (χ1) is 10.2. The van der Waals surface area contributed by atoms with Gasteiger partial charge in [0.2, 0.25) is 5.91 Å². The van der Waals surface area contributed by atoms with Crippen LogP contribution < -0.4 is 5.32 Å². The molecule has 1 atom stereocenters. The van der Waals surface area contributed by atoms with Crippen molar-refractivity contribution in [2.45, 2.75) is 19.5 Å². The summed E-state index contributed by atoms with van der Waals surface area (Å²) in [6, 6.07) is 5.50. The van der Waals surface area contributed by atoms with Gasteiger partial charge in [0.15, 0.2) is 0 Å². The topological polar surface area (TPSA) is 65.7 Å². The van der Waals surface area contributed by atoms with Gasteiger partial charge in [0.05, 0.1) is 25.5 Å². The molecule has 5 nitrogen and oxygen atoms in total. The Morgan fingerprint density at radius 2 is 2.38 bits per heavy atom. The second-order valence-electron chi connectivity index (χ2n) is 4.87. The molecule has 21 heavy (non-hydrogen) atoms. The number of furan rings is 1. The first-order valence-electron chi connectivity index (χ1n) is 6.86. The summed E-state index contributed by atoms with van der Waals surface area (Å²) in [5, 5.41) is 16.1. The maximum Gasteiger partial charge on any atom is 0.234 e. The summed E-state index contributed by atoms with van der Waals surface area (Å²) < 4.78 is 5.27. The van der Waals surface area contributed by atoms with Crippen molar-refractivity contribution in [3.8, 4) is 0 Å². The van der Waals surface area contributed by atoms with Gasteiger partial charge in [0.25, 0.3) is 0 Å². The Morgan fingerprint density at radius 3 is 3.00 bits per heavy atom. The molecule has 2 aromatic rings. The molecule has 0 saturated carbocycles. The Hall–Kier alpha value is -1.63. The van der Waals surface area contributed by atoms with Crippen molar-refractivity contribution in [1.82, 2.24) is 10.2 Å². The minimum atomic E-state index is -0.162. The number of aliphatic hydroxyl groups excluding tert-OH is 1. The van der Waals surface area contributed by atoms with Crippen molar-refractivity contribution < 1.29 is 14.3 Å². The number of carbonyl (C=O) groups is 1. The highest BCUT2D eigenvalue weighted by atomic mass is 32.1. The van der Waals surface area contributed by atoms with Gasteiger partial charge in [-0.1, -0.05) is 0 Å². The molecule has 0 spiro atoms. The van der Waals surface area contributed by atoms with Crippen LogP contribution in [0.3, 0.4) is 0 Å². The molecule has 2 aromatic heterocycles. The van der Waals surface area contributed by atoms with Crippen LogP contribution in [-0.4, -0.2) is 35.6 Å². The highest BCUT2D eigenvalue weighted by molar-refractivity contribution is 7.07. The van der Waals surface area contributed by atoms with Crippen LogP contribution >= 0.6 is 11.3 Å². The van der Waals surface area contributed by atoms with Crippen molar-refractivity contribution in [2.24, 2.45) is 0 Å². The number of aliphatic hydroxyl groups is 1. The second kappa shape index (κ2) is 7.97. The normalized spacial score (nSPS) is 12.5. The van der Waals surface area contributed by atoms with Gasteiger partial charge in [-0.15, -0.1) is 0 Å². The van der Waals surface area contributed by atoms with Crippen LogP contribution in [0.15, 0.2) is 39.6 Å². The van der Waals surface area contributed by atoms with E-state index in [2.05, 4.69) is 5.32 Å².